The number of urea groups is 1. The van der Waals surface area contributed by atoms with Crippen LogP contribution in [0.25, 0.3) is 0 Å². The minimum Gasteiger partial charge on any atom is -0.497 e. The number of carbonyl (C=O) groups is 1. The van der Waals surface area contributed by atoms with Gasteiger partial charge in [0.15, 0.2) is 0 Å². The summed E-state index contributed by atoms with van der Waals surface area (Å²) in [7, 11) is 1.61. The zero-order valence-corrected chi connectivity index (χ0v) is 12.8. The predicted molar refractivity (Wildman–Crippen MR) is 90.2 cm³/mol. The lowest BCUT2D eigenvalue weighted by Crippen LogP contribution is -2.39. The van der Waals surface area contributed by atoms with E-state index >= 15 is 0 Å². The largest absolute Gasteiger partial charge is 0.497 e. The maximum Gasteiger partial charge on any atom is 0.328 e. The fraction of sp³-hybridized carbons (Fsp3) is 0.176. The van der Waals surface area contributed by atoms with E-state index in [-0.39, 0.29) is 12.0 Å². The molecule has 1 saturated heterocycles. The van der Waals surface area contributed by atoms with Gasteiger partial charge in [-0.05, 0) is 36.4 Å². The van der Waals surface area contributed by atoms with Crippen LogP contribution in [0.4, 0.5) is 16.2 Å². The van der Waals surface area contributed by atoms with Crippen molar-refractivity contribution in [1.82, 2.24) is 4.90 Å². The molecule has 23 heavy (non-hydrogen) atoms. The van der Waals surface area contributed by atoms with E-state index < -0.39 is 0 Å². The highest BCUT2D eigenvalue weighted by Crippen LogP contribution is 2.23. The third-order valence-corrected chi connectivity index (χ3v) is 3.71. The van der Waals surface area contributed by atoms with Crippen LogP contribution in [0.2, 0.25) is 0 Å². The van der Waals surface area contributed by atoms with Gasteiger partial charge in [0, 0.05) is 24.5 Å². The average Bonchev–Trinajstić information content (AvgIpc) is 2.97. The number of rotatable bonds is 3. The number of carbonyl (C=O) groups excluding carboxylic acids is 1. The highest BCUT2D eigenvalue weighted by molar-refractivity contribution is 6.09. The van der Waals surface area contributed by atoms with Crippen molar-refractivity contribution >= 4 is 23.4 Å². The third-order valence-electron chi connectivity index (χ3n) is 3.71. The summed E-state index contributed by atoms with van der Waals surface area (Å²) < 4.78 is 5.14. The summed E-state index contributed by atoms with van der Waals surface area (Å²) in [4.78, 5) is 15.6. The van der Waals surface area contributed by atoms with Gasteiger partial charge in [0.1, 0.15) is 5.75 Å². The first kappa shape index (κ1) is 14.9. The Balaban J connectivity index is 1.69. The normalized spacial score (nSPS) is 14.0. The lowest BCUT2D eigenvalue weighted by atomic mass is 10.3. The first-order valence-electron chi connectivity index (χ1n) is 7.33. The number of nitrogens with one attached hydrogen (secondary N) is 2. The fourth-order valence-electron chi connectivity index (χ4n) is 2.48. The zero-order chi connectivity index (χ0) is 16.2. The van der Waals surface area contributed by atoms with Crippen LogP contribution >= 0.6 is 0 Å². The van der Waals surface area contributed by atoms with Gasteiger partial charge in [-0.1, -0.05) is 18.2 Å². The van der Waals surface area contributed by atoms with Crippen molar-refractivity contribution in [2.75, 3.05) is 30.4 Å². The molecular formula is C17H18N4O2. The van der Waals surface area contributed by atoms with Crippen LogP contribution in [0.3, 0.4) is 0 Å². The second kappa shape index (κ2) is 6.39. The number of guanidine groups is 1. The second-order valence-electron chi connectivity index (χ2n) is 5.12. The Morgan fingerprint density at radius 1 is 1.09 bits per heavy atom. The topological polar surface area (TPSA) is 68.7 Å². The molecule has 0 unspecified atom stereocenters. The molecule has 1 aliphatic rings. The van der Waals surface area contributed by atoms with E-state index in [9.17, 15) is 4.79 Å². The summed E-state index contributed by atoms with van der Waals surface area (Å²) in [6, 6.07) is 16.4. The molecule has 1 fully saturated rings. The quantitative estimate of drug-likeness (QED) is 0.915. The lowest BCUT2D eigenvalue weighted by Gasteiger charge is -2.21. The number of benzene rings is 2. The molecular weight excluding hydrogens is 292 g/mol. The molecule has 0 aliphatic carbocycles. The monoisotopic (exact) mass is 310 g/mol. The van der Waals surface area contributed by atoms with Gasteiger partial charge in [-0.3, -0.25) is 10.3 Å². The Morgan fingerprint density at radius 2 is 1.78 bits per heavy atom. The summed E-state index contributed by atoms with van der Waals surface area (Å²) in [5.74, 6) is 0.932. The molecule has 0 bridgehead atoms. The number of ether oxygens (including phenoxy) is 1. The molecule has 0 aromatic heterocycles. The van der Waals surface area contributed by atoms with Gasteiger partial charge >= 0.3 is 6.03 Å². The highest BCUT2D eigenvalue weighted by Gasteiger charge is 2.30. The molecule has 118 valence electrons. The highest BCUT2D eigenvalue weighted by atomic mass is 16.5. The van der Waals surface area contributed by atoms with E-state index in [0.29, 0.717) is 18.8 Å². The Hall–Kier alpha value is -3.02. The van der Waals surface area contributed by atoms with Crippen LogP contribution in [-0.4, -0.2) is 37.1 Å². The summed E-state index contributed by atoms with van der Waals surface area (Å²) in [6.07, 6.45) is 0. The van der Waals surface area contributed by atoms with Crippen molar-refractivity contribution in [2.24, 2.45) is 0 Å². The average molecular weight is 310 g/mol. The molecule has 2 N–H and O–H groups in total. The molecule has 3 rings (SSSR count). The number of methoxy groups -OCH3 is 1. The van der Waals surface area contributed by atoms with Crippen molar-refractivity contribution in [3.05, 3.63) is 54.6 Å². The number of hydrogen-bond acceptors (Lipinski definition) is 3. The van der Waals surface area contributed by atoms with Crippen molar-refractivity contribution in [3.63, 3.8) is 0 Å². The van der Waals surface area contributed by atoms with Crippen LogP contribution < -0.4 is 15.0 Å². The number of para-hydroxylation sites is 1. The number of anilines is 2. The van der Waals surface area contributed by atoms with E-state index in [1.807, 2.05) is 54.6 Å². The SMILES string of the molecule is COc1ccc(N2CCN(C(=O)Nc3ccccc3)C2=N)cc1. The molecule has 6 nitrogen and oxygen atoms in total. The minimum absolute atomic E-state index is 0.170. The molecule has 1 heterocycles. The Morgan fingerprint density at radius 3 is 2.43 bits per heavy atom. The molecule has 2 aromatic rings. The third kappa shape index (κ3) is 3.11. The molecule has 0 atom stereocenters. The van der Waals surface area contributed by atoms with Gasteiger partial charge in [-0.2, -0.15) is 0 Å². The van der Waals surface area contributed by atoms with Crippen LogP contribution in [0.5, 0.6) is 5.75 Å². The summed E-state index contributed by atoms with van der Waals surface area (Å²) >= 11 is 0. The number of nitrogens with zero attached hydrogens (tertiary/aromatic N) is 2. The molecule has 6 heteroatoms. The summed E-state index contributed by atoms with van der Waals surface area (Å²) in [5.41, 5.74) is 1.58. The molecule has 0 spiro atoms. The first-order chi connectivity index (χ1) is 11.2. The van der Waals surface area contributed by atoms with E-state index in [1.165, 1.54) is 4.90 Å². The van der Waals surface area contributed by atoms with Gasteiger partial charge in [0.25, 0.3) is 0 Å². The standard InChI is InChI=1S/C17H18N4O2/c1-23-15-9-7-14(8-10-15)20-11-12-21(16(20)18)17(22)19-13-5-3-2-4-6-13/h2-10,18H,11-12H2,1H3,(H,19,22). The Kier molecular flexibility index (Phi) is 4.14. The Bertz CT molecular complexity index is 700. The summed E-state index contributed by atoms with van der Waals surface area (Å²) in [6.45, 7) is 1.07. The van der Waals surface area contributed by atoms with Crippen molar-refractivity contribution in [3.8, 4) is 5.75 Å². The molecule has 1 aliphatic heterocycles. The molecule has 2 amide bonds. The first-order valence-corrected chi connectivity index (χ1v) is 7.33. The van der Waals surface area contributed by atoms with Crippen LogP contribution in [0, 0.1) is 5.41 Å². The van der Waals surface area contributed by atoms with Gasteiger partial charge in [0.05, 0.1) is 7.11 Å². The van der Waals surface area contributed by atoms with Gasteiger partial charge in [-0.15, -0.1) is 0 Å². The predicted octanol–water partition coefficient (Wildman–Crippen LogP) is 2.98. The van der Waals surface area contributed by atoms with Crippen LogP contribution in [0.1, 0.15) is 0 Å². The Labute approximate surface area is 134 Å². The fourth-order valence-corrected chi connectivity index (χ4v) is 2.48. The van der Waals surface area contributed by atoms with Crippen molar-refractivity contribution in [2.45, 2.75) is 0 Å². The van der Waals surface area contributed by atoms with Gasteiger partial charge in [0.2, 0.25) is 5.96 Å². The van der Waals surface area contributed by atoms with Crippen LogP contribution in [0.15, 0.2) is 54.6 Å². The number of amides is 2. The zero-order valence-electron chi connectivity index (χ0n) is 12.8. The van der Waals surface area contributed by atoms with E-state index in [4.69, 9.17) is 10.1 Å². The molecule has 2 aromatic carbocycles. The molecule has 0 saturated carbocycles. The van der Waals surface area contributed by atoms with Crippen molar-refractivity contribution < 1.29 is 9.53 Å². The van der Waals surface area contributed by atoms with Crippen LogP contribution in [-0.2, 0) is 0 Å². The van der Waals surface area contributed by atoms with Gasteiger partial charge in [-0.25, -0.2) is 4.79 Å². The van der Waals surface area contributed by atoms with Gasteiger partial charge < -0.3 is 15.0 Å². The summed E-state index contributed by atoms with van der Waals surface area (Å²) in [5, 5.41) is 11.1. The second-order valence-corrected chi connectivity index (χ2v) is 5.12. The van der Waals surface area contributed by atoms with E-state index in [0.717, 1.165) is 11.4 Å². The lowest BCUT2D eigenvalue weighted by molar-refractivity contribution is 0.236. The smallest absolute Gasteiger partial charge is 0.328 e. The maximum atomic E-state index is 12.3. The minimum atomic E-state index is -0.294. The molecule has 0 radical (unpaired) electrons. The van der Waals surface area contributed by atoms with E-state index in [1.54, 1.807) is 12.0 Å². The number of hydrogen-bond donors (Lipinski definition) is 2. The maximum absolute atomic E-state index is 12.3. The van der Waals surface area contributed by atoms with Crippen molar-refractivity contribution in [1.29, 1.82) is 5.41 Å². The van der Waals surface area contributed by atoms with E-state index in [2.05, 4.69) is 5.32 Å².